The summed E-state index contributed by atoms with van der Waals surface area (Å²) in [6.07, 6.45) is -4.51. The van der Waals surface area contributed by atoms with E-state index in [0.717, 1.165) is 31.4 Å². The van der Waals surface area contributed by atoms with E-state index < -0.39 is 48.7 Å². The molecule has 7 nitrogen and oxygen atoms in total. The average molecular weight is 348 g/mol. The van der Waals surface area contributed by atoms with Crippen LogP contribution in [0.2, 0.25) is 0 Å². The van der Waals surface area contributed by atoms with Crippen molar-refractivity contribution in [2.24, 2.45) is 0 Å². The maximum absolute atomic E-state index is 12.4. The van der Waals surface area contributed by atoms with E-state index in [2.05, 4.69) is 15.4 Å². The number of esters is 1. The summed E-state index contributed by atoms with van der Waals surface area (Å²) in [6, 6.07) is 2.16. The summed E-state index contributed by atoms with van der Waals surface area (Å²) in [5.74, 6) is -2.41. The van der Waals surface area contributed by atoms with Gasteiger partial charge in [0.15, 0.2) is 6.04 Å². The molecular formula is C14H15F3N2O5. The van der Waals surface area contributed by atoms with Crippen molar-refractivity contribution >= 4 is 17.8 Å². The van der Waals surface area contributed by atoms with E-state index in [1.165, 1.54) is 0 Å². The van der Waals surface area contributed by atoms with Gasteiger partial charge in [-0.25, -0.2) is 4.79 Å². The van der Waals surface area contributed by atoms with E-state index in [1.807, 2.05) is 0 Å². The van der Waals surface area contributed by atoms with Gasteiger partial charge in [-0.15, -0.1) is 0 Å². The van der Waals surface area contributed by atoms with E-state index in [0.29, 0.717) is 0 Å². The fourth-order valence-electron chi connectivity index (χ4n) is 1.64. The standard InChI is InChI=1S/C14H15F3N2O5/c1-24-13(23)10(7-20)19-11(21)6-18-12(22)8-2-4-9(5-3-8)14(15,16)17/h2-5,10,20H,6-7H2,1H3,(H,18,22)(H,19,21)/t10-/m0/s1. The summed E-state index contributed by atoms with van der Waals surface area (Å²) in [4.78, 5) is 34.5. The zero-order chi connectivity index (χ0) is 18.3. The number of hydrogen-bond acceptors (Lipinski definition) is 5. The van der Waals surface area contributed by atoms with Gasteiger partial charge in [-0.05, 0) is 24.3 Å². The summed E-state index contributed by atoms with van der Waals surface area (Å²) in [7, 11) is 1.07. The minimum absolute atomic E-state index is 0.0672. The highest BCUT2D eigenvalue weighted by molar-refractivity contribution is 5.96. The predicted molar refractivity (Wildman–Crippen MR) is 74.8 cm³/mol. The molecule has 0 saturated heterocycles. The van der Waals surface area contributed by atoms with Gasteiger partial charge in [-0.3, -0.25) is 9.59 Å². The number of rotatable bonds is 6. The van der Waals surface area contributed by atoms with Crippen LogP contribution in [0.4, 0.5) is 13.2 Å². The molecule has 1 aromatic carbocycles. The summed E-state index contributed by atoms with van der Waals surface area (Å²) >= 11 is 0. The molecule has 132 valence electrons. The third-order valence-electron chi connectivity index (χ3n) is 2.89. The fraction of sp³-hybridized carbons (Fsp3) is 0.357. The number of halogens is 3. The van der Waals surface area contributed by atoms with Gasteiger partial charge in [0, 0.05) is 5.56 Å². The minimum atomic E-state index is -4.51. The molecule has 1 atom stereocenters. The molecule has 0 aliphatic rings. The molecule has 0 heterocycles. The van der Waals surface area contributed by atoms with E-state index in [4.69, 9.17) is 5.11 Å². The second kappa shape index (κ2) is 8.29. The summed E-state index contributed by atoms with van der Waals surface area (Å²) in [5, 5.41) is 13.2. The van der Waals surface area contributed by atoms with Gasteiger partial charge in [-0.1, -0.05) is 0 Å². The molecule has 0 saturated carbocycles. The van der Waals surface area contributed by atoms with Crippen molar-refractivity contribution in [1.29, 1.82) is 0 Å². The van der Waals surface area contributed by atoms with Gasteiger partial charge < -0.3 is 20.5 Å². The van der Waals surface area contributed by atoms with Gasteiger partial charge in [-0.2, -0.15) is 13.2 Å². The smallest absolute Gasteiger partial charge is 0.416 e. The van der Waals surface area contributed by atoms with Crippen LogP contribution in [0, 0.1) is 0 Å². The molecule has 2 amide bonds. The first kappa shape index (κ1) is 19.4. The zero-order valence-corrected chi connectivity index (χ0v) is 12.5. The van der Waals surface area contributed by atoms with Gasteiger partial charge >= 0.3 is 12.1 Å². The largest absolute Gasteiger partial charge is 0.467 e. The van der Waals surface area contributed by atoms with Crippen LogP contribution in [0.25, 0.3) is 0 Å². The lowest BCUT2D eigenvalue weighted by Gasteiger charge is -2.14. The Morgan fingerprint density at radius 3 is 2.25 bits per heavy atom. The lowest BCUT2D eigenvalue weighted by atomic mass is 10.1. The predicted octanol–water partition coefficient (Wildman–Crippen LogP) is 0.0853. The first-order valence-corrected chi connectivity index (χ1v) is 6.62. The van der Waals surface area contributed by atoms with Crippen molar-refractivity contribution in [3.8, 4) is 0 Å². The van der Waals surface area contributed by atoms with E-state index in [1.54, 1.807) is 0 Å². The van der Waals surface area contributed by atoms with E-state index in [9.17, 15) is 27.6 Å². The van der Waals surface area contributed by atoms with Crippen molar-refractivity contribution in [2.45, 2.75) is 12.2 Å². The monoisotopic (exact) mass is 348 g/mol. The fourth-order valence-corrected chi connectivity index (χ4v) is 1.64. The maximum Gasteiger partial charge on any atom is 0.416 e. The summed E-state index contributed by atoms with van der Waals surface area (Å²) in [6.45, 7) is -1.22. The third kappa shape index (κ3) is 5.54. The van der Waals surface area contributed by atoms with Crippen LogP contribution >= 0.6 is 0 Å². The maximum atomic E-state index is 12.4. The molecule has 3 N–H and O–H groups in total. The summed E-state index contributed by atoms with van der Waals surface area (Å²) < 4.78 is 41.6. The SMILES string of the molecule is COC(=O)[C@H](CO)NC(=O)CNC(=O)c1ccc(C(F)(F)F)cc1. The Bertz CT molecular complexity index is 601. The summed E-state index contributed by atoms with van der Waals surface area (Å²) in [5.41, 5.74) is -0.969. The molecule has 1 rings (SSSR count). The number of carbonyl (C=O) groups excluding carboxylic acids is 3. The number of carbonyl (C=O) groups is 3. The van der Waals surface area contributed by atoms with E-state index >= 15 is 0 Å². The van der Waals surface area contributed by atoms with Crippen LogP contribution in [0.1, 0.15) is 15.9 Å². The molecule has 1 aromatic rings. The van der Waals surface area contributed by atoms with Gasteiger partial charge in [0.2, 0.25) is 5.91 Å². The van der Waals surface area contributed by atoms with Crippen LogP contribution in [-0.4, -0.2) is 49.2 Å². The van der Waals surface area contributed by atoms with Crippen molar-refractivity contribution in [1.82, 2.24) is 10.6 Å². The van der Waals surface area contributed by atoms with Gasteiger partial charge in [0.1, 0.15) is 0 Å². The molecule has 0 unspecified atom stereocenters. The van der Waals surface area contributed by atoms with Crippen molar-refractivity contribution < 1.29 is 37.4 Å². The molecule has 0 aliphatic carbocycles. The first-order valence-electron chi connectivity index (χ1n) is 6.62. The van der Waals surface area contributed by atoms with Crippen LogP contribution in [-0.2, 0) is 20.5 Å². The quantitative estimate of drug-likeness (QED) is 0.632. The highest BCUT2D eigenvalue weighted by Gasteiger charge is 2.30. The average Bonchev–Trinajstić information content (AvgIpc) is 2.56. The molecule has 0 fully saturated rings. The highest BCUT2D eigenvalue weighted by atomic mass is 19.4. The van der Waals surface area contributed by atoms with Crippen LogP contribution in [0.15, 0.2) is 24.3 Å². The van der Waals surface area contributed by atoms with E-state index in [-0.39, 0.29) is 5.56 Å². The Kier molecular flexibility index (Phi) is 6.71. The lowest BCUT2D eigenvalue weighted by Crippen LogP contribution is -2.47. The highest BCUT2D eigenvalue weighted by Crippen LogP contribution is 2.28. The first-order chi connectivity index (χ1) is 11.2. The number of aliphatic hydroxyl groups is 1. The number of nitrogens with one attached hydrogen (secondary N) is 2. The molecule has 0 bridgehead atoms. The van der Waals surface area contributed by atoms with Crippen molar-refractivity contribution in [3.05, 3.63) is 35.4 Å². The van der Waals surface area contributed by atoms with Crippen LogP contribution in [0.3, 0.4) is 0 Å². The van der Waals surface area contributed by atoms with Gasteiger partial charge in [0.05, 0.1) is 25.8 Å². The van der Waals surface area contributed by atoms with Crippen LogP contribution in [0.5, 0.6) is 0 Å². The lowest BCUT2D eigenvalue weighted by molar-refractivity contribution is -0.146. The topological polar surface area (TPSA) is 105 Å². The normalized spacial score (nSPS) is 12.2. The molecule has 0 spiro atoms. The second-order valence-electron chi connectivity index (χ2n) is 4.58. The molecule has 24 heavy (non-hydrogen) atoms. The second-order valence-corrected chi connectivity index (χ2v) is 4.58. The molecule has 10 heteroatoms. The number of methoxy groups -OCH3 is 1. The number of aliphatic hydroxyl groups excluding tert-OH is 1. The molecule has 0 aromatic heterocycles. The zero-order valence-electron chi connectivity index (χ0n) is 12.5. The molecule has 0 aliphatic heterocycles. The number of alkyl halides is 3. The minimum Gasteiger partial charge on any atom is -0.467 e. The van der Waals surface area contributed by atoms with Gasteiger partial charge in [0.25, 0.3) is 5.91 Å². The Hall–Kier alpha value is -2.62. The van der Waals surface area contributed by atoms with Crippen molar-refractivity contribution in [2.75, 3.05) is 20.3 Å². The number of benzene rings is 1. The molecule has 0 radical (unpaired) electrons. The Labute approximate surface area is 134 Å². The Morgan fingerprint density at radius 2 is 1.79 bits per heavy atom. The number of ether oxygens (including phenoxy) is 1. The van der Waals surface area contributed by atoms with Crippen LogP contribution < -0.4 is 10.6 Å². The van der Waals surface area contributed by atoms with Crippen molar-refractivity contribution in [3.63, 3.8) is 0 Å². The molecular weight excluding hydrogens is 333 g/mol. The Balaban J connectivity index is 2.56. The Morgan fingerprint density at radius 1 is 1.21 bits per heavy atom. The number of hydrogen-bond donors (Lipinski definition) is 3. The third-order valence-corrected chi connectivity index (χ3v) is 2.89. The number of amides is 2.